The Bertz CT molecular complexity index is 702. The molecule has 108 valence electrons. The van der Waals surface area contributed by atoms with Gasteiger partial charge in [-0.2, -0.15) is 5.26 Å². The summed E-state index contributed by atoms with van der Waals surface area (Å²) in [6, 6.07) is 9.39. The summed E-state index contributed by atoms with van der Waals surface area (Å²) in [4.78, 5) is 12.9. The third-order valence-corrected chi connectivity index (χ3v) is 4.31. The van der Waals surface area contributed by atoms with E-state index in [9.17, 15) is 10.1 Å². The minimum atomic E-state index is -0.487. The number of esters is 1. The smallest absolute Gasteiger partial charge is 0.350 e. The molecule has 0 spiro atoms. The first-order valence-electron chi connectivity index (χ1n) is 6.29. The maximum Gasteiger partial charge on any atom is 0.350 e. The second-order valence-corrected chi connectivity index (χ2v) is 5.82. The highest BCUT2D eigenvalue weighted by Crippen LogP contribution is 2.33. The Kier molecular flexibility index (Phi) is 4.84. The van der Waals surface area contributed by atoms with Gasteiger partial charge in [0.2, 0.25) is 0 Å². The molecular formula is C15H13ClN2O2S. The molecule has 2 rings (SSSR count). The van der Waals surface area contributed by atoms with Crippen molar-refractivity contribution in [2.75, 3.05) is 12.3 Å². The Morgan fingerprint density at radius 1 is 1.43 bits per heavy atom. The van der Waals surface area contributed by atoms with Crippen molar-refractivity contribution in [3.8, 4) is 6.07 Å². The van der Waals surface area contributed by atoms with Crippen molar-refractivity contribution < 1.29 is 9.53 Å². The zero-order chi connectivity index (χ0) is 15.4. The Morgan fingerprint density at radius 2 is 2.10 bits per heavy atom. The van der Waals surface area contributed by atoms with Crippen LogP contribution in [0.2, 0.25) is 5.02 Å². The van der Waals surface area contributed by atoms with Crippen LogP contribution in [-0.4, -0.2) is 12.6 Å². The molecule has 0 unspecified atom stereocenters. The van der Waals surface area contributed by atoms with Gasteiger partial charge in [0, 0.05) is 16.3 Å². The van der Waals surface area contributed by atoms with Gasteiger partial charge in [-0.25, -0.2) is 4.79 Å². The fraction of sp³-hybridized carbons (Fsp3) is 0.200. The number of halogens is 1. The number of nitrogen functional groups attached to an aromatic ring is 1. The minimum absolute atomic E-state index is 0.199. The number of nitrogens with two attached hydrogens (primary N) is 1. The van der Waals surface area contributed by atoms with Crippen LogP contribution >= 0.6 is 22.9 Å². The summed E-state index contributed by atoms with van der Waals surface area (Å²) in [5.41, 5.74) is 7.43. The summed E-state index contributed by atoms with van der Waals surface area (Å²) in [5, 5.41) is 9.90. The van der Waals surface area contributed by atoms with Crippen LogP contribution < -0.4 is 5.73 Å². The average Bonchev–Trinajstić information content (AvgIpc) is 2.78. The van der Waals surface area contributed by atoms with Crippen LogP contribution in [0.4, 0.5) is 5.69 Å². The van der Waals surface area contributed by atoms with Gasteiger partial charge in [-0.15, -0.1) is 11.3 Å². The normalized spacial score (nSPS) is 10.1. The van der Waals surface area contributed by atoms with Gasteiger partial charge >= 0.3 is 5.97 Å². The zero-order valence-corrected chi connectivity index (χ0v) is 12.9. The lowest BCUT2D eigenvalue weighted by molar-refractivity contribution is 0.0533. The molecule has 0 atom stereocenters. The number of anilines is 1. The molecule has 2 aromatic rings. The third kappa shape index (κ3) is 3.35. The van der Waals surface area contributed by atoms with Gasteiger partial charge < -0.3 is 10.5 Å². The number of carbonyl (C=O) groups excluding carboxylic acids is 1. The summed E-state index contributed by atoms with van der Waals surface area (Å²) < 4.78 is 4.95. The maximum atomic E-state index is 11.8. The van der Waals surface area contributed by atoms with Crippen molar-refractivity contribution in [1.29, 1.82) is 5.26 Å². The van der Waals surface area contributed by atoms with Gasteiger partial charge in [0.25, 0.3) is 0 Å². The third-order valence-electron chi connectivity index (χ3n) is 2.87. The Balaban J connectivity index is 2.35. The van der Waals surface area contributed by atoms with E-state index in [0.29, 0.717) is 17.0 Å². The first kappa shape index (κ1) is 15.4. The Labute approximate surface area is 131 Å². The van der Waals surface area contributed by atoms with E-state index < -0.39 is 5.97 Å². The number of thiophene rings is 1. The first-order valence-corrected chi connectivity index (χ1v) is 7.49. The van der Waals surface area contributed by atoms with Crippen molar-refractivity contribution in [3.05, 3.63) is 50.2 Å². The summed E-state index contributed by atoms with van der Waals surface area (Å²) >= 11 is 7.05. The van der Waals surface area contributed by atoms with Crippen LogP contribution in [0.3, 0.4) is 0 Å². The SMILES string of the molecule is CCOC(=O)c1sc(Cc2ccc(Cl)cc2)c(C#N)c1N. The van der Waals surface area contributed by atoms with Gasteiger partial charge in [0.15, 0.2) is 0 Å². The minimum Gasteiger partial charge on any atom is -0.462 e. The second-order valence-electron chi connectivity index (χ2n) is 4.28. The molecule has 6 heteroatoms. The number of ether oxygens (including phenoxy) is 1. The molecular weight excluding hydrogens is 308 g/mol. The van der Waals surface area contributed by atoms with Gasteiger partial charge in [-0.3, -0.25) is 0 Å². The highest BCUT2D eigenvalue weighted by atomic mass is 35.5. The van der Waals surface area contributed by atoms with Crippen molar-refractivity contribution in [2.24, 2.45) is 0 Å². The number of nitriles is 1. The molecule has 0 fully saturated rings. The van der Waals surface area contributed by atoms with Crippen LogP contribution in [0.5, 0.6) is 0 Å². The molecule has 4 nitrogen and oxygen atoms in total. The number of nitrogens with zero attached hydrogens (tertiary/aromatic N) is 1. The molecule has 0 amide bonds. The van der Waals surface area contributed by atoms with E-state index in [-0.39, 0.29) is 17.2 Å². The van der Waals surface area contributed by atoms with E-state index in [1.165, 1.54) is 11.3 Å². The molecule has 0 aliphatic heterocycles. The van der Waals surface area contributed by atoms with E-state index in [0.717, 1.165) is 10.4 Å². The lowest BCUT2D eigenvalue weighted by atomic mass is 10.1. The van der Waals surface area contributed by atoms with Gasteiger partial charge in [-0.05, 0) is 24.6 Å². The lowest BCUT2D eigenvalue weighted by Crippen LogP contribution is -2.05. The molecule has 0 bridgehead atoms. The summed E-state index contributed by atoms with van der Waals surface area (Å²) in [6.07, 6.45) is 0.522. The molecule has 21 heavy (non-hydrogen) atoms. The highest BCUT2D eigenvalue weighted by Gasteiger charge is 2.21. The summed E-state index contributed by atoms with van der Waals surface area (Å²) in [5.74, 6) is -0.487. The van der Waals surface area contributed by atoms with Gasteiger partial charge in [0.05, 0.1) is 17.9 Å². The number of hydrogen-bond donors (Lipinski definition) is 1. The largest absolute Gasteiger partial charge is 0.462 e. The van der Waals surface area contributed by atoms with E-state index in [1.54, 1.807) is 19.1 Å². The van der Waals surface area contributed by atoms with E-state index >= 15 is 0 Å². The van der Waals surface area contributed by atoms with Crippen LogP contribution in [0.25, 0.3) is 0 Å². The van der Waals surface area contributed by atoms with Gasteiger partial charge in [0.1, 0.15) is 10.9 Å². The predicted octanol–water partition coefficient (Wildman–Crippen LogP) is 3.62. The van der Waals surface area contributed by atoms with Crippen LogP contribution in [-0.2, 0) is 11.2 Å². The number of benzene rings is 1. The number of hydrogen-bond acceptors (Lipinski definition) is 5. The number of carbonyl (C=O) groups is 1. The van der Waals surface area contributed by atoms with E-state index in [2.05, 4.69) is 6.07 Å². The monoisotopic (exact) mass is 320 g/mol. The first-order chi connectivity index (χ1) is 10.1. The van der Waals surface area contributed by atoms with Crippen molar-refractivity contribution >= 4 is 34.6 Å². The molecule has 0 radical (unpaired) electrons. The topological polar surface area (TPSA) is 76.1 Å². The molecule has 0 saturated heterocycles. The second kappa shape index (κ2) is 6.61. The predicted molar refractivity (Wildman–Crippen MR) is 83.7 cm³/mol. The van der Waals surface area contributed by atoms with Crippen LogP contribution in [0, 0.1) is 11.3 Å². The molecule has 1 aromatic carbocycles. The Morgan fingerprint density at radius 3 is 2.67 bits per heavy atom. The maximum absolute atomic E-state index is 11.8. The highest BCUT2D eigenvalue weighted by molar-refractivity contribution is 7.14. The fourth-order valence-electron chi connectivity index (χ4n) is 1.88. The lowest BCUT2D eigenvalue weighted by Gasteiger charge is -2.00. The quantitative estimate of drug-likeness (QED) is 0.873. The fourth-order valence-corrected chi connectivity index (χ4v) is 3.10. The summed E-state index contributed by atoms with van der Waals surface area (Å²) in [6.45, 7) is 1.99. The molecule has 1 heterocycles. The van der Waals surface area contributed by atoms with E-state index in [1.807, 2.05) is 12.1 Å². The molecule has 0 saturated carbocycles. The molecule has 0 aliphatic rings. The van der Waals surface area contributed by atoms with Gasteiger partial charge in [-0.1, -0.05) is 23.7 Å². The van der Waals surface area contributed by atoms with Crippen molar-refractivity contribution in [2.45, 2.75) is 13.3 Å². The molecule has 1 aromatic heterocycles. The summed E-state index contributed by atoms with van der Waals surface area (Å²) in [7, 11) is 0. The average molecular weight is 321 g/mol. The molecule has 0 aliphatic carbocycles. The zero-order valence-electron chi connectivity index (χ0n) is 11.4. The van der Waals surface area contributed by atoms with Crippen LogP contribution in [0.15, 0.2) is 24.3 Å². The number of rotatable bonds is 4. The van der Waals surface area contributed by atoms with Crippen molar-refractivity contribution in [1.82, 2.24) is 0 Å². The van der Waals surface area contributed by atoms with Crippen molar-refractivity contribution in [3.63, 3.8) is 0 Å². The van der Waals surface area contributed by atoms with Crippen LogP contribution in [0.1, 0.15) is 32.6 Å². The Hall–Kier alpha value is -2.03. The standard InChI is InChI=1S/C15H13ClN2O2S/c1-2-20-15(19)14-13(18)11(8-17)12(21-14)7-9-3-5-10(16)6-4-9/h3-6H,2,7,18H2,1H3. The molecule has 2 N–H and O–H groups in total. The van der Waals surface area contributed by atoms with E-state index in [4.69, 9.17) is 22.1 Å².